The smallest absolute Gasteiger partial charge is 0.412 e. The van der Waals surface area contributed by atoms with E-state index < -0.39 is 21.2 Å². The molecule has 0 aromatic rings. The molecule has 1 aliphatic rings. The minimum atomic E-state index is -1.36. The zero-order valence-electron chi connectivity index (χ0n) is 13.7. The highest BCUT2D eigenvalue weighted by Crippen LogP contribution is 2.42. The lowest BCUT2D eigenvalue weighted by Crippen LogP contribution is -2.47. The molecule has 0 saturated carbocycles. The monoisotopic (exact) mass is 313 g/mol. The van der Waals surface area contributed by atoms with Gasteiger partial charge < -0.3 is 14.0 Å². The van der Waals surface area contributed by atoms with E-state index >= 15 is 0 Å². The summed E-state index contributed by atoms with van der Waals surface area (Å²) >= 11 is 0. The molecule has 0 aromatic carbocycles. The third-order valence-electron chi connectivity index (χ3n) is 3.69. The van der Waals surface area contributed by atoms with Crippen molar-refractivity contribution < 1.29 is 18.8 Å². The molecule has 120 valence electrons. The molecule has 0 N–H and O–H groups in total. The SMILES string of the molecule is C=CCOC(=O)N1C(O[SiH](C)C)[C@@H](C(C)(C)C)C[C@H]1C=O. The molecule has 6 heteroatoms. The van der Waals surface area contributed by atoms with Crippen LogP contribution in [0, 0.1) is 11.3 Å². The summed E-state index contributed by atoms with van der Waals surface area (Å²) in [7, 11) is -1.36. The highest BCUT2D eigenvalue weighted by Gasteiger charge is 2.49. The van der Waals surface area contributed by atoms with Crippen molar-refractivity contribution in [2.45, 2.75) is 52.6 Å². The lowest BCUT2D eigenvalue weighted by molar-refractivity contribution is -0.112. The van der Waals surface area contributed by atoms with Crippen molar-refractivity contribution in [2.24, 2.45) is 11.3 Å². The largest absolute Gasteiger partial charge is 0.445 e. The van der Waals surface area contributed by atoms with E-state index in [2.05, 4.69) is 40.4 Å². The number of hydrogen-bond donors (Lipinski definition) is 0. The Morgan fingerprint density at radius 2 is 2.05 bits per heavy atom. The Labute approximate surface area is 129 Å². The van der Waals surface area contributed by atoms with Crippen LogP contribution in [0.5, 0.6) is 0 Å². The molecular formula is C15H27NO4Si. The maximum atomic E-state index is 12.3. The maximum absolute atomic E-state index is 12.3. The van der Waals surface area contributed by atoms with Gasteiger partial charge in [0.2, 0.25) is 0 Å². The van der Waals surface area contributed by atoms with Crippen molar-refractivity contribution in [1.82, 2.24) is 4.90 Å². The Morgan fingerprint density at radius 1 is 1.43 bits per heavy atom. The van der Waals surface area contributed by atoms with Crippen LogP contribution in [-0.2, 0) is 14.0 Å². The van der Waals surface area contributed by atoms with Gasteiger partial charge in [-0.25, -0.2) is 4.79 Å². The van der Waals surface area contributed by atoms with Gasteiger partial charge in [-0.2, -0.15) is 0 Å². The minimum Gasteiger partial charge on any atom is -0.445 e. The first-order chi connectivity index (χ1) is 9.72. The number of likely N-dealkylation sites (tertiary alicyclic amines) is 1. The second-order valence-corrected chi connectivity index (χ2v) is 9.13. The minimum absolute atomic E-state index is 0.0529. The Hall–Kier alpha value is -1.14. The Balaban J connectivity index is 3.05. The fourth-order valence-corrected chi connectivity index (χ4v) is 3.54. The van der Waals surface area contributed by atoms with Crippen LogP contribution in [0.2, 0.25) is 13.1 Å². The predicted octanol–water partition coefficient (Wildman–Crippen LogP) is 2.57. The molecule has 1 unspecified atom stereocenters. The summed E-state index contributed by atoms with van der Waals surface area (Å²) < 4.78 is 11.2. The van der Waals surface area contributed by atoms with Crippen molar-refractivity contribution in [3.63, 3.8) is 0 Å². The molecule has 21 heavy (non-hydrogen) atoms. The van der Waals surface area contributed by atoms with Crippen LogP contribution >= 0.6 is 0 Å². The second kappa shape index (κ2) is 7.22. The highest BCUT2D eigenvalue weighted by atomic mass is 28.3. The van der Waals surface area contributed by atoms with Gasteiger partial charge >= 0.3 is 6.09 Å². The molecular weight excluding hydrogens is 286 g/mol. The lowest BCUT2D eigenvalue weighted by Gasteiger charge is -2.36. The van der Waals surface area contributed by atoms with Crippen molar-refractivity contribution in [3.05, 3.63) is 12.7 Å². The number of ether oxygens (including phenoxy) is 1. The van der Waals surface area contributed by atoms with Gasteiger partial charge in [-0.3, -0.25) is 4.90 Å². The molecule has 3 atom stereocenters. The standard InChI is InChI=1S/C15H27NO4Si/c1-7-8-19-14(18)16-11(10-17)9-12(15(2,3)4)13(16)20-21(5)6/h7,10-13,21H,1,8-9H2,2-6H3/t11-,12-,13?/m0/s1. The van der Waals surface area contributed by atoms with Crippen molar-refractivity contribution in [2.75, 3.05) is 6.61 Å². The average Bonchev–Trinajstić information content (AvgIpc) is 2.73. The Morgan fingerprint density at radius 3 is 2.48 bits per heavy atom. The first-order valence-electron chi connectivity index (χ1n) is 7.39. The molecule has 1 rings (SSSR count). The molecule has 1 amide bonds. The summed E-state index contributed by atoms with van der Waals surface area (Å²) in [5.41, 5.74) is -0.0529. The van der Waals surface area contributed by atoms with E-state index in [1.807, 2.05) is 0 Å². The van der Waals surface area contributed by atoms with Gasteiger partial charge in [-0.05, 0) is 24.9 Å². The molecule has 0 aliphatic carbocycles. The summed E-state index contributed by atoms with van der Waals surface area (Å²) in [4.78, 5) is 25.1. The number of nitrogens with zero attached hydrogens (tertiary/aromatic N) is 1. The van der Waals surface area contributed by atoms with E-state index in [1.54, 1.807) is 0 Å². The van der Waals surface area contributed by atoms with Crippen LogP contribution in [-0.4, -0.2) is 45.2 Å². The fraction of sp³-hybridized carbons (Fsp3) is 0.733. The molecule has 1 fully saturated rings. The molecule has 0 bridgehead atoms. The number of carbonyl (C=O) groups excluding carboxylic acids is 2. The normalized spacial score (nSPS) is 26.0. The Kier molecular flexibility index (Phi) is 6.16. The summed E-state index contributed by atoms with van der Waals surface area (Å²) in [6, 6.07) is -0.482. The van der Waals surface area contributed by atoms with E-state index in [0.717, 1.165) is 6.29 Å². The van der Waals surface area contributed by atoms with Crippen molar-refractivity contribution in [3.8, 4) is 0 Å². The number of amides is 1. The van der Waals surface area contributed by atoms with Gasteiger partial charge in [0.25, 0.3) is 0 Å². The lowest BCUT2D eigenvalue weighted by atomic mass is 9.78. The van der Waals surface area contributed by atoms with Crippen LogP contribution in [0.15, 0.2) is 12.7 Å². The Bertz CT molecular complexity index is 392. The van der Waals surface area contributed by atoms with Gasteiger partial charge in [-0.1, -0.05) is 33.4 Å². The fourth-order valence-electron chi connectivity index (χ4n) is 2.66. The number of aldehydes is 1. The van der Waals surface area contributed by atoms with Crippen LogP contribution < -0.4 is 0 Å². The van der Waals surface area contributed by atoms with E-state index in [1.165, 1.54) is 11.0 Å². The van der Waals surface area contributed by atoms with E-state index in [-0.39, 0.29) is 24.2 Å². The van der Waals surface area contributed by atoms with Gasteiger partial charge in [0, 0.05) is 5.92 Å². The summed E-state index contributed by atoms with van der Waals surface area (Å²) in [6.07, 6.45) is 2.06. The first kappa shape index (κ1) is 17.9. The third kappa shape index (κ3) is 4.41. The summed E-state index contributed by atoms with van der Waals surface area (Å²) in [5.74, 6) is 0.110. The van der Waals surface area contributed by atoms with Crippen molar-refractivity contribution in [1.29, 1.82) is 0 Å². The average molecular weight is 313 g/mol. The van der Waals surface area contributed by atoms with Gasteiger partial charge in [0.1, 0.15) is 19.1 Å². The van der Waals surface area contributed by atoms with E-state index in [0.29, 0.717) is 6.42 Å². The van der Waals surface area contributed by atoms with Crippen LogP contribution in [0.3, 0.4) is 0 Å². The molecule has 1 saturated heterocycles. The highest BCUT2D eigenvalue weighted by molar-refractivity contribution is 6.48. The second-order valence-electron chi connectivity index (χ2n) is 6.76. The summed E-state index contributed by atoms with van der Waals surface area (Å²) in [6.45, 7) is 14.1. The molecule has 1 aliphatic heterocycles. The third-order valence-corrected chi connectivity index (χ3v) is 4.51. The molecule has 0 spiro atoms. The zero-order valence-corrected chi connectivity index (χ0v) is 14.8. The molecule has 0 radical (unpaired) electrons. The predicted molar refractivity (Wildman–Crippen MR) is 84.5 cm³/mol. The van der Waals surface area contributed by atoms with Crippen molar-refractivity contribution >= 4 is 21.4 Å². The van der Waals surface area contributed by atoms with Gasteiger partial charge in [0.15, 0.2) is 9.04 Å². The topological polar surface area (TPSA) is 55.8 Å². The van der Waals surface area contributed by atoms with Crippen LogP contribution in [0.25, 0.3) is 0 Å². The van der Waals surface area contributed by atoms with E-state index in [4.69, 9.17) is 9.16 Å². The molecule has 0 aromatic heterocycles. The van der Waals surface area contributed by atoms with Crippen LogP contribution in [0.1, 0.15) is 27.2 Å². The quantitative estimate of drug-likeness (QED) is 0.445. The van der Waals surface area contributed by atoms with Crippen LogP contribution in [0.4, 0.5) is 4.79 Å². The number of rotatable bonds is 5. The summed E-state index contributed by atoms with van der Waals surface area (Å²) in [5, 5.41) is 0. The molecule has 5 nitrogen and oxygen atoms in total. The first-order valence-corrected chi connectivity index (χ1v) is 10.2. The maximum Gasteiger partial charge on any atom is 0.412 e. The zero-order chi connectivity index (χ0) is 16.2. The van der Waals surface area contributed by atoms with E-state index in [9.17, 15) is 9.59 Å². The van der Waals surface area contributed by atoms with Gasteiger partial charge in [0.05, 0.1) is 6.04 Å². The number of hydrogen-bond acceptors (Lipinski definition) is 4. The van der Waals surface area contributed by atoms with Gasteiger partial charge in [-0.15, -0.1) is 0 Å². The number of carbonyl (C=O) groups is 2. The molecule has 1 heterocycles.